The summed E-state index contributed by atoms with van der Waals surface area (Å²) < 4.78 is 0. The predicted molar refractivity (Wildman–Crippen MR) is 134 cm³/mol. The van der Waals surface area contributed by atoms with Crippen LogP contribution in [0.25, 0.3) is 0 Å². The first-order chi connectivity index (χ1) is 14.8. The van der Waals surface area contributed by atoms with E-state index in [9.17, 15) is 5.11 Å². The van der Waals surface area contributed by atoms with Gasteiger partial charge in [0.15, 0.2) is 0 Å². The molecule has 2 heteroatoms. The largest absolute Gasteiger partial charge is 0.396 e. The first-order valence-corrected chi connectivity index (χ1v) is 14.1. The van der Waals surface area contributed by atoms with Gasteiger partial charge in [-0.05, 0) is 19.3 Å². The van der Waals surface area contributed by atoms with Gasteiger partial charge >= 0.3 is 0 Å². The SMILES string of the molecule is CCCCCCCCCCC(O)CCCCCCCCCCCCCCCCCO. The Kier molecular flexibility index (Phi) is 26.9. The molecule has 2 N–H and O–H groups in total. The molecule has 0 aliphatic rings. The molecule has 0 bridgehead atoms. The summed E-state index contributed by atoms with van der Waals surface area (Å²) in [5.74, 6) is 0. The van der Waals surface area contributed by atoms with Crippen LogP contribution in [-0.4, -0.2) is 22.9 Å². The molecular formula is C28H58O2. The van der Waals surface area contributed by atoms with Gasteiger partial charge in [-0.1, -0.05) is 148 Å². The van der Waals surface area contributed by atoms with Gasteiger partial charge in [-0.15, -0.1) is 0 Å². The Hall–Kier alpha value is -0.0800. The summed E-state index contributed by atoms with van der Waals surface area (Å²) in [7, 11) is 0. The van der Waals surface area contributed by atoms with Crippen molar-refractivity contribution in [2.45, 2.75) is 174 Å². The fourth-order valence-corrected chi connectivity index (χ4v) is 4.45. The van der Waals surface area contributed by atoms with Gasteiger partial charge < -0.3 is 10.2 Å². The smallest absolute Gasteiger partial charge is 0.0540 e. The summed E-state index contributed by atoms with van der Waals surface area (Å²) in [6, 6.07) is 0. The van der Waals surface area contributed by atoms with Crippen LogP contribution in [0, 0.1) is 0 Å². The van der Waals surface area contributed by atoms with Crippen LogP contribution in [0.3, 0.4) is 0 Å². The summed E-state index contributed by atoms with van der Waals surface area (Å²) in [6.07, 6.45) is 32.8. The average Bonchev–Trinajstić information content (AvgIpc) is 2.75. The third kappa shape index (κ3) is 26.0. The van der Waals surface area contributed by atoms with E-state index in [1.807, 2.05) is 0 Å². The highest BCUT2D eigenvalue weighted by Gasteiger charge is 2.03. The fourth-order valence-electron chi connectivity index (χ4n) is 4.45. The zero-order valence-corrected chi connectivity index (χ0v) is 20.9. The van der Waals surface area contributed by atoms with E-state index < -0.39 is 0 Å². The van der Waals surface area contributed by atoms with E-state index in [2.05, 4.69) is 6.92 Å². The monoisotopic (exact) mass is 426 g/mol. The molecule has 0 aromatic carbocycles. The van der Waals surface area contributed by atoms with Crippen LogP contribution in [0.2, 0.25) is 0 Å². The summed E-state index contributed by atoms with van der Waals surface area (Å²) in [6.45, 7) is 2.64. The van der Waals surface area contributed by atoms with Gasteiger partial charge in [0.1, 0.15) is 0 Å². The minimum absolute atomic E-state index is 0.0419. The Labute approximate surface area is 190 Å². The van der Waals surface area contributed by atoms with E-state index in [1.54, 1.807) is 0 Å². The summed E-state index contributed by atoms with van der Waals surface area (Å²) >= 11 is 0. The molecule has 1 atom stereocenters. The lowest BCUT2D eigenvalue weighted by atomic mass is 10.0. The average molecular weight is 427 g/mol. The standard InChI is InChI=1S/C28H58O2/c1-2-3-4-5-6-16-19-22-25-28(30)26-23-20-17-14-12-10-8-7-9-11-13-15-18-21-24-27-29/h28-30H,2-27H2,1H3. The highest BCUT2D eigenvalue weighted by Crippen LogP contribution is 2.16. The first-order valence-electron chi connectivity index (χ1n) is 14.1. The minimum Gasteiger partial charge on any atom is -0.396 e. The molecule has 0 fully saturated rings. The van der Waals surface area contributed by atoms with Crippen LogP contribution in [0.4, 0.5) is 0 Å². The lowest BCUT2D eigenvalue weighted by molar-refractivity contribution is 0.147. The van der Waals surface area contributed by atoms with Crippen molar-refractivity contribution in [2.75, 3.05) is 6.61 Å². The maximum Gasteiger partial charge on any atom is 0.0540 e. The number of unbranched alkanes of at least 4 members (excludes halogenated alkanes) is 21. The Morgan fingerprint density at radius 2 is 0.667 bits per heavy atom. The van der Waals surface area contributed by atoms with E-state index in [1.165, 1.54) is 141 Å². The highest BCUT2D eigenvalue weighted by molar-refractivity contribution is 4.58. The maximum absolute atomic E-state index is 10.1. The van der Waals surface area contributed by atoms with Crippen LogP contribution in [-0.2, 0) is 0 Å². The Balaban J connectivity index is 3.11. The second kappa shape index (κ2) is 27.0. The molecule has 0 aliphatic heterocycles. The van der Waals surface area contributed by atoms with Crippen molar-refractivity contribution >= 4 is 0 Å². The molecule has 0 saturated carbocycles. The van der Waals surface area contributed by atoms with E-state index in [0.717, 1.165) is 19.3 Å². The molecule has 0 radical (unpaired) electrons. The van der Waals surface area contributed by atoms with Gasteiger partial charge in [-0.25, -0.2) is 0 Å². The molecule has 182 valence electrons. The molecule has 0 saturated heterocycles. The predicted octanol–water partition coefficient (Wildman–Crippen LogP) is 9.11. The minimum atomic E-state index is -0.0419. The molecular weight excluding hydrogens is 368 g/mol. The van der Waals surface area contributed by atoms with Gasteiger partial charge in [-0.2, -0.15) is 0 Å². The maximum atomic E-state index is 10.1. The second-order valence-corrected chi connectivity index (χ2v) is 9.73. The van der Waals surface area contributed by atoms with Crippen molar-refractivity contribution in [3.05, 3.63) is 0 Å². The second-order valence-electron chi connectivity index (χ2n) is 9.73. The number of hydrogen-bond acceptors (Lipinski definition) is 2. The molecule has 0 aromatic heterocycles. The molecule has 30 heavy (non-hydrogen) atoms. The Morgan fingerprint density at radius 1 is 0.400 bits per heavy atom. The molecule has 0 aliphatic carbocycles. The van der Waals surface area contributed by atoms with E-state index in [-0.39, 0.29) is 6.10 Å². The first kappa shape index (κ1) is 29.9. The number of rotatable bonds is 26. The van der Waals surface area contributed by atoms with Crippen molar-refractivity contribution in [3.8, 4) is 0 Å². The fraction of sp³-hybridized carbons (Fsp3) is 1.00. The van der Waals surface area contributed by atoms with Crippen LogP contribution < -0.4 is 0 Å². The van der Waals surface area contributed by atoms with Gasteiger partial charge in [0.2, 0.25) is 0 Å². The number of aliphatic hydroxyl groups excluding tert-OH is 2. The van der Waals surface area contributed by atoms with Gasteiger partial charge in [-0.3, -0.25) is 0 Å². The van der Waals surface area contributed by atoms with E-state index >= 15 is 0 Å². The van der Waals surface area contributed by atoms with Gasteiger partial charge in [0, 0.05) is 6.61 Å². The third-order valence-corrected chi connectivity index (χ3v) is 6.59. The van der Waals surface area contributed by atoms with Gasteiger partial charge in [0.25, 0.3) is 0 Å². The lowest BCUT2D eigenvalue weighted by Crippen LogP contribution is -2.05. The third-order valence-electron chi connectivity index (χ3n) is 6.59. The van der Waals surface area contributed by atoms with Crippen molar-refractivity contribution < 1.29 is 10.2 Å². The van der Waals surface area contributed by atoms with Crippen LogP contribution in [0.1, 0.15) is 167 Å². The highest BCUT2D eigenvalue weighted by atomic mass is 16.3. The van der Waals surface area contributed by atoms with Crippen LogP contribution >= 0.6 is 0 Å². The zero-order valence-electron chi connectivity index (χ0n) is 20.9. The van der Waals surface area contributed by atoms with Gasteiger partial charge in [0.05, 0.1) is 6.10 Å². The van der Waals surface area contributed by atoms with Crippen LogP contribution in [0.15, 0.2) is 0 Å². The molecule has 0 spiro atoms. The number of hydrogen-bond donors (Lipinski definition) is 2. The van der Waals surface area contributed by atoms with Crippen molar-refractivity contribution in [1.82, 2.24) is 0 Å². The van der Waals surface area contributed by atoms with Crippen molar-refractivity contribution in [3.63, 3.8) is 0 Å². The molecule has 1 unspecified atom stereocenters. The topological polar surface area (TPSA) is 40.5 Å². The van der Waals surface area contributed by atoms with Crippen LogP contribution in [0.5, 0.6) is 0 Å². The Morgan fingerprint density at radius 3 is 0.967 bits per heavy atom. The molecule has 0 heterocycles. The quantitative estimate of drug-likeness (QED) is 0.135. The molecule has 0 amide bonds. The zero-order chi connectivity index (χ0) is 22.0. The number of aliphatic hydroxyl groups is 2. The normalized spacial score (nSPS) is 12.5. The summed E-state index contributed by atoms with van der Waals surface area (Å²) in [5, 5.41) is 18.9. The van der Waals surface area contributed by atoms with Crippen molar-refractivity contribution in [1.29, 1.82) is 0 Å². The summed E-state index contributed by atoms with van der Waals surface area (Å²) in [4.78, 5) is 0. The molecule has 0 aromatic rings. The Bertz CT molecular complexity index is 292. The summed E-state index contributed by atoms with van der Waals surface area (Å²) in [5.41, 5.74) is 0. The van der Waals surface area contributed by atoms with E-state index in [0.29, 0.717) is 6.61 Å². The molecule has 2 nitrogen and oxygen atoms in total. The van der Waals surface area contributed by atoms with Crippen molar-refractivity contribution in [2.24, 2.45) is 0 Å². The molecule has 0 rings (SSSR count). The van der Waals surface area contributed by atoms with E-state index in [4.69, 9.17) is 5.11 Å². The lowest BCUT2D eigenvalue weighted by Gasteiger charge is -2.10.